The van der Waals surface area contributed by atoms with Crippen LogP contribution in [0.3, 0.4) is 0 Å². The Balaban J connectivity index is 1.50. The van der Waals surface area contributed by atoms with Gasteiger partial charge in [-0.05, 0) is 43.9 Å². The Kier molecular flexibility index (Phi) is 5.91. The number of nitrogens with one attached hydrogen (secondary N) is 1. The second kappa shape index (κ2) is 8.34. The fraction of sp³-hybridized carbons (Fsp3) is 0.579. The summed E-state index contributed by atoms with van der Waals surface area (Å²) >= 11 is 0. The van der Waals surface area contributed by atoms with Crippen molar-refractivity contribution < 1.29 is 19.1 Å². The molecule has 3 rings (SSSR count). The predicted octanol–water partition coefficient (Wildman–Crippen LogP) is 1.84. The Morgan fingerprint density at radius 3 is 2.56 bits per heavy atom. The maximum atomic E-state index is 12.6. The number of hydrogen-bond donors (Lipinski definition) is 1. The summed E-state index contributed by atoms with van der Waals surface area (Å²) in [5.74, 6) is 0.802. The van der Waals surface area contributed by atoms with Gasteiger partial charge in [0.2, 0.25) is 5.91 Å². The average molecular weight is 346 g/mol. The fourth-order valence-electron chi connectivity index (χ4n) is 3.44. The quantitative estimate of drug-likeness (QED) is 0.903. The van der Waals surface area contributed by atoms with E-state index in [1.54, 1.807) is 19.2 Å². The molecule has 136 valence electrons. The minimum atomic E-state index is -0.00259. The summed E-state index contributed by atoms with van der Waals surface area (Å²) in [7, 11) is 1.59. The summed E-state index contributed by atoms with van der Waals surface area (Å²) < 4.78 is 10.5. The first-order valence-electron chi connectivity index (χ1n) is 8.99. The first-order valence-corrected chi connectivity index (χ1v) is 8.99. The number of likely N-dealkylation sites (tertiary alicyclic amines) is 1. The summed E-state index contributed by atoms with van der Waals surface area (Å²) in [6.45, 7) is 2.67. The highest BCUT2D eigenvalue weighted by atomic mass is 16.5. The molecule has 6 heteroatoms. The molecule has 2 amide bonds. The number of carbonyl (C=O) groups is 2. The van der Waals surface area contributed by atoms with Crippen molar-refractivity contribution in [3.63, 3.8) is 0 Å². The Labute approximate surface area is 148 Å². The van der Waals surface area contributed by atoms with Gasteiger partial charge in [0, 0.05) is 43.8 Å². The lowest BCUT2D eigenvalue weighted by atomic mass is 9.94. The molecule has 0 atom stereocenters. The van der Waals surface area contributed by atoms with Crippen LogP contribution in [0.2, 0.25) is 0 Å². The number of piperidine rings is 1. The minimum absolute atomic E-state index is 0.00203. The first kappa shape index (κ1) is 17.7. The van der Waals surface area contributed by atoms with Gasteiger partial charge >= 0.3 is 0 Å². The van der Waals surface area contributed by atoms with Crippen LogP contribution in [0.15, 0.2) is 24.3 Å². The van der Waals surface area contributed by atoms with Gasteiger partial charge in [0.1, 0.15) is 5.75 Å². The van der Waals surface area contributed by atoms with E-state index in [0.717, 1.165) is 26.1 Å². The van der Waals surface area contributed by atoms with Gasteiger partial charge in [-0.2, -0.15) is 0 Å². The summed E-state index contributed by atoms with van der Waals surface area (Å²) in [6.07, 6.45) is 3.20. The number of amides is 2. The summed E-state index contributed by atoms with van der Waals surface area (Å²) in [4.78, 5) is 26.9. The van der Waals surface area contributed by atoms with Gasteiger partial charge in [0.15, 0.2) is 0 Å². The second-order valence-corrected chi connectivity index (χ2v) is 6.69. The van der Waals surface area contributed by atoms with Crippen molar-refractivity contribution in [1.82, 2.24) is 10.2 Å². The number of rotatable bonds is 4. The van der Waals surface area contributed by atoms with Crippen LogP contribution in [-0.4, -0.2) is 56.2 Å². The molecule has 1 N–H and O–H groups in total. The average Bonchev–Trinajstić information content (AvgIpc) is 2.68. The normalized spacial score (nSPS) is 19.5. The summed E-state index contributed by atoms with van der Waals surface area (Å²) in [6, 6.07) is 7.43. The zero-order chi connectivity index (χ0) is 17.6. The van der Waals surface area contributed by atoms with Crippen LogP contribution in [0.4, 0.5) is 0 Å². The standard InChI is InChI=1S/C19H26N2O4/c1-24-17-4-2-3-15(13-17)19(23)21-9-5-14(6-10-21)18(22)20-16-7-11-25-12-8-16/h2-4,13-14,16H,5-12H2,1H3,(H,20,22). The van der Waals surface area contributed by atoms with Crippen LogP contribution in [0, 0.1) is 5.92 Å². The highest BCUT2D eigenvalue weighted by molar-refractivity contribution is 5.94. The maximum absolute atomic E-state index is 12.6. The fourth-order valence-corrected chi connectivity index (χ4v) is 3.44. The summed E-state index contributed by atoms with van der Waals surface area (Å²) in [5, 5.41) is 3.14. The van der Waals surface area contributed by atoms with Crippen LogP contribution in [0.5, 0.6) is 5.75 Å². The molecule has 2 aliphatic rings. The van der Waals surface area contributed by atoms with Crippen LogP contribution >= 0.6 is 0 Å². The Hall–Kier alpha value is -2.08. The molecule has 0 unspecified atom stereocenters. The molecule has 2 aliphatic heterocycles. The number of hydrogen-bond acceptors (Lipinski definition) is 4. The van der Waals surface area contributed by atoms with Crippen molar-refractivity contribution in [2.75, 3.05) is 33.4 Å². The lowest BCUT2D eigenvalue weighted by Crippen LogP contribution is -2.46. The van der Waals surface area contributed by atoms with E-state index >= 15 is 0 Å². The van der Waals surface area contributed by atoms with Crippen LogP contribution in [0.1, 0.15) is 36.0 Å². The molecule has 0 aromatic heterocycles. The van der Waals surface area contributed by atoms with Crippen molar-refractivity contribution in [2.45, 2.75) is 31.7 Å². The highest BCUT2D eigenvalue weighted by Gasteiger charge is 2.29. The maximum Gasteiger partial charge on any atom is 0.253 e. The van der Waals surface area contributed by atoms with Crippen molar-refractivity contribution in [2.24, 2.45) is 5.92 Å². The molecule has 6 nitrogen and oxygen atoms in total. The molecular formula is C19H26N2O4. The van der Waals surface area contributed by atoms with E-state index < -0.39 is 0 Å². The van der Waals surface area contributed by atoms with Crippen molar-refractivity contribution in [3.8, 4) is 5.75 Å². The molecule has 2 fully saturated rings. The van der Waals surface area contributed by atoms with Gasteiger partial charge in [0.05, 0.1) is 7.11 Å². The zero-order valence-corrected chi connectivity index (χ0v) is 14.7. The van der Waals surface area contributed by atoms with Crippen LogP contribution < -0.4 is 10.1 Å². The van der Waals surface area contributed by atoms with Crippen molar-refractivity contribution in [1.29, 1.82) is 0 Å². The molecule has 1 aromatic rings. The number of ether oxygens (including phenoxy) is 2. The first-order chi connectivity index (χ1) is 12.2. The molecule has 0 aliphatic carbocycles. The third-order valence-corrected chi connectivity index (χ3v) is 5.04. The van der Waals surface area contributed by atoms with E-state index in [1.165, 1.54) is 0 Å². The Morgan fingerprint density at radius 2 is 1.88 bits per heavy atom. The molecule has 0 radical (unpaired) electrons. The van der Waals surface area contributed by atoms with Gasteiger partial charge in [-0.1, -0.05) is 6.07 Å². The van der Waals surface area contributed by atoms with E-state index in [0.29, 0.717) is 37.2 Å². The van der Waals surface area contributed by atoms with Gasteiger partial charge in [0.25, 0.3) is 5.91 Å². The predicted molar refractivity (Wildman–Crippen MR) is 93.6 cm³/mol. The molecule has 2 saturated heterocycles. The van der Waals surface area contributed by atoms with Gasteiger partial charge in [-0.15, -0.1) is 0 Å². The van der Waals surface area contributed by atoms with E-state index in [9.17, 15) is 9.59 Å². The Morgan fingerprint density at radius 1 is 1.16 bits per heavy atom. The molecule has 25 heavy (non-hydrogen) atoms. The van der Waals surface area contributed by atoms with Crippen molar-refractivity contribution in [3.05, 3.63) is 29.8 Å². The van der Waals surface area contributed by atoms with E-state index in [2.05, 4.69) is 5.32 Å². The molecule has 0 bridgehead atoms. The number of nitrogens with zero attached hydrogens (tertiary/aromatic N) is 1. The van der Waals surface area contributed by atoms with Gasteiger partial charge in [-0.25, -0.2) is 0 Å². The van der Waals surface area contributed by atoms with Gasteiger partial charge < -0.3 is 19.7 Å². The molecule has 2 heterocycles. The lowest BCUT2D eigenvalue weighted by Gasteiger charge is -2.33. The van der Waals surface area contributed by atoms with E-state index in [4.69, 9.17) is 9.47 Å². The lowest BCUT2D eigenvalue weighted by molar-refractivity contribution is -0.127. The monoisotopic (exact) mass is 346 g/mol. The second-order valence-electron chi connectivity index (χ2n) is 6.69. The zero-order valence-electron chi connectivity index (χ0n) is 14.7. The number of carbonyl (C=O) groups excluding carboxylic acids is 2. The highest BCUT2D eigenvalue weighted by Crippen LogP contribution is 2.21. The van der Waals surface area contributed by atoms with Gasteiger partial charge in [-0.3, -0.25) is 9.59 Å². The minimum Gasteiger partial charge on any atom is -0.497 e. The summed E-state index contributed by atoms with van der Waals surface area (Å²) in [5.41, 5.74) is 0.629. The molecule has 0 spiro atoms. The molecule has 1 aromatic carbocycles. The van der Waals surface area contributed by atoms with Crippen LogP contribution in [-0.2, 0) is 9.53 Å². The molecule has 0 saturated carbocycles. The SMILES string of the molecule is COc1cccc(C(=O)N2CCC(C(=O)NC3CCOCC3)CC2)c1. The number of methoxy groups -OCH3 is 1. The topological polar surface area (TPSA) is 67.9 Å². The third kappa shape index (κ3) is 4.51. The van der Waals surface area contributed by atoms with Crippen molar-refractivity contribution >= 4 is 11.8 Å². The third-order valence-electron chi connectivity index (χ3n) is 5.04. The number of benzene rings is 1. The largest absolute Gasteiger partial charge is 0.497 e. The van der Waals surface area contributed by atoms with E-state index in [-0.39, 0.29) is 23.8 Å². The van der Waals surface area contributed by atoms with E-state index in [1.807, 2.05) is 17.0 Å². The smallest absolute Gasteiger partial charge is 0.253 e. The Bertz CT molecular complexity index is 605. The van der Waals surface area contributed by atoms with Crippen LogP contribution in [0.25, 0.3) is 0 Å². The molecular weight excluding hydrogens is 320 g/mol.